The zero-order chi connectivity index (χ0) is 23.7. The van der Waals surface area contributed by atoms with Crippen molar-refractivity contribution in [3.8, 4) is 11.8 Å². The Kier molecular flexibility index (Phi) is 6.73. The highest BCUT2D eigenvalue weighted by molar-refractivity contribution is 5.91. The Balaban J connectivity index is 1.50. The number of benzene rings is 2. The van der Waals surface area contributed by atoms with E-state index in [1.165, 1.54) is 18.9 Å². The number of carbonyl (C=O) groups is 1. The van der Waals surface area contributed by atoms with Crippen LogP contribution in [0.15, 0.2) is 24.3 Å². The molecule has 0 spiro atoms. The maximum atomic E-state index is 15.0. The van der Waals surface area contributed by atoms with Gasteiger partial charge in [0.2, 0.25) is 0 Å². The number of hydrogen-bond acceptors (Lipinski definition) is 3. The van der Waals surface area contributed by atoms with Crippen LogP contribution in [0.1, 0.15) is 79.3 Å². The summed E-state index contributed by atoms with van der Waals surface area (Å²) in [6, 6.07) is 4.53. The maximum absolute atomic E-state index is 15.0. The fraction of sp³-hybridized carbons (Fsp3) is 0.462. The van der Waals surface area contributed by atoms with Crippen molar-refractivity contribution in [3.63, 3.8) is 0 Å². The number of rotatable bonds is 4. The fourth-order valence-electron chi connectivity index (χ4n) is 5.59. The topological polar surface area (TPSA) is 50.1 Å². The zero-order valence-electron chi connectivity index (χ0n) is 18.3. The summed E-state index contributed by atoms with van der Waals surface area (Å²) in [6.07, 6.45) is 7.02. The largest absolute Gasteiger partial charge is 0.423 e. The minimum Gasteiger partial charge on any atom is -0.423 e. The average Bonchev–Trinajstić information content (AvgIpc) is 2.78. The van der Waals surface area contributed by atoms with E-state index in [1.54, 1.807) is 0 Å². The molecule has 0 saturated heterocycles. The quantitative estimate of drug-likeness (QED) is 0.280. The van der Waals surface area contributed by atoms with Crippen LogP contribution in [0.25, 0.3) is 0 Å². The van der Waals surface area contributed by atoms with Gasteiger partial charge in [-0.25, -0.2) is 22.4 Å². The summed E-state index contributed by atoms with van der Waals surface area (Å²) < 4.78 is 62.3. The molecule has 2 fully saturated rings. The van der Waals surface area contributed by atoms with Gasteiger partial charge in [-0.2, -0.15) is 5.26 Å². The molecule has 4 unspecified atom stereocenters. The molecule has 2 aromatic carbocycles. The second kappa shape index (κ2) is 9.54. The molecule has 174 valence electrons. The number of carbonyl (C=O) groups excluding carboxylic acids is 1. The monoisotopic (exact) mass is 459 g/mol. The van der Waals surface area contributed by atoms with E-state index in [0.29, 0.717) is 30.4 Å². The van der Waals surface area contributed by atoms with Crippen LogP contribution in [0.3, 0.4) is 0 Å². The molecular formula is C26H25F4NO2. The molecule has 4 atom stereocenters. The molecule has 4 rings (SSSR count). The van der Waals surface area contributed by atoms with Gasteiger partial charge in [-0.1, -0.05) is 19.8 Å². The molecular weight excluding hydrogens is 434 g/mol. The normalized spacial score (nSPS) is 24.6. The van der Waals surface area contributed by atoms with Gasteiger partial charge >= 0.3 is 5.97 Å². The smallest absolute Gasteiger partial charge is 0.343 e. The van der Waals surface area contributed by atoms with E-state index < -0.39 is 46.1 Å². The third kappa shape index (κ3) is 4.75. The first-order chi connectivity index (χ1) is 15.8. The average molecular weight is 459 g/mol. The second-order valence-corrected chi connectivity index (χ2v) is 9.23. The molecule has 0 aliphatic heterocycles. The SMILES string of the molecule is CCC1CCC2CC(c3c(F)cc(C(=O)Oc4cc(F)c(C#N)c(F)c4)cc3F)CCC2C1. The summed E-state index contributed by atoms with van der Waals surface area (Å²) in [5.74, 6) is -4.08. The third-order valence-electron chi connectivity index (χ3n) is 7.36. The Hall–Kier alpha value is -2.88. The molecule has 3 nitrogen and oxygen atoms in total. The van der Waals surface area contributed by atoms with Gasteiger partial charge in [-0.05, 0) is 67.9 Å². The van der Waals surface area contributed by atoms with Crippen molar-refractivity contribution in [2.75, 3.05) is 0 Å². The molecule has 7 heteroatoms. The van der Waals surface area contributed by atoms with E-state index >= 15 is 0 Å². The Morgan fingerprint density at radius 3 is 2.15 bits per heavy atom. The van der Waals surface area contributed by atoms with Gasteiger partial charge in [-0.3, -0.25) is 0 Å². The predicted molar refractivity (Wildman–Crippen MR) is 114 cm³/mol. The third-order valence-corrected chi connectivity index (χ3v) is 7.36. The first kappa shape index (κ1) is 23.3. The molecule has 0 N–H and O–H groups in total. The Bertz CT molecular complexity index is 1060. The lowest BCUT2D eigenvalue weighted by atomic mass is 9.63. The number of fused-ring (bicyclic) bond motifs is 1. The summed E-state index contributed by atoms with van der Waals surface area (Å²) in [4.78, 5) is 12.4. The number of nitriles is 1. The number of esters is 1. The van der Waals surface area contributed by atoms with Crippen molar-refractivity contribution >= 4 is 5.97 Å². The zero-order valence-corrected chi connectivity index (χ0v) is 18.3. The molecule has 2 saturated carbocycles. The summed E-state index contributed by atoms with van der Waals surface area (Å²) in [5.41, 5.74) is -1.21. The Morgan fingerprint density at radius 1 is 0.939 bits per heavy atom. The summed E-state index contributed by atoms with van der Waals surface area (Å²) >= 11 is 0. The van der Waals surface area contributed by atoms with E-state index in [4.69, 9.17) is 10.00 Å². The standard InChI is InChI=1S/C26H25F4NO2/c1-2-14-3-4-16-8-17(6-5-15(16)7-14)25-23(29)9-18(10-24(25)30)26(32)33-19-11-21(27)20(13-31)22(28)12-19/h9-12,14-17H,2-8H2,1H3. The van der Waals surface area contributed by atoms with Crippen LogP contribution in [0.4, 0.5) is 17.6 Å². The summed E-state index contributed by atoms with van der Waals surface area (Å²) in [5, 5.41) is 8.71. The molecule has 0 heterocycles. The van der Waals surface area contributed by atoms with E-state index in [-0.39, 0.29) is 11.5 Å². The van der Waals surface area contributed by atoms with Crippen LogP contribution < -0.4 is 4.74 Å². The van der Waals surface area contributed by atoms with Crippen LogP contribution in [0.5, 0.6) is 5.75 Å². The fourth-order valence-corrected chi connectivity index (χ4v) is 5.59. The minimum absolute atomic E-state index is 0.00178. The van der Waals surface area contributed by atoms with Crippen molar-refractivity contribution in [3.05, 3.63) is 64.2 Å². The lowest BCUT2D eigenvalue weighted by Crippen LogP contribution is -2.30. The lowest BCUT2D eigenvalue weighted by molar-refractivity contribution is 0.0732. The van der Waals surface area contributed by atoms with Crippen molar-refractivity contribution in [2.24, 2.45) is 17.8 Å². The molecule has 2 aliphatic carbocycles. The van der Waals surface area contributed by atoms with E-state index in [0.717, 1.165) is 43.7 Å². The molecule has 2 aliphatic rings. The van der Waals surface area contributed by atoms with Crippen molar-refractivity contribution < 1.29 is 27.1 Å². The van der Waals surface area contributed by atoms with Gasteiger partial charge in [0, 0.05) is 17.7 Å². The lowest BCUT2D eigenvalue weighted by Gasteiger charge is -2.42. The number of nitrogens with zero attached hydrogens (tertiary/aromatic N) is 1. The van der Waals surface area contributed by atoms with Crippen molar-refractivity contribution in [1.82, 2.24) is 0 Å². The van der Waals surface area contributed by atoms with Crippen LogP contribution in [0.2, 0.25) is 0 Å². The van der Waals surface area contributed by atoms with Gasteiger partial charge in [0.25, 0.3) is 0 Å². The highest BCUT2D eigenvalue weighted by Crippen LogP contribution is 2.48. The van der Waals surface area contributed by atoms with Gasteiger partial charge in [0.15, 0.2) is 0 Å². The van der Waals surface area contributed by atoms with E-state index in [9.17, 15) is 22.4 Å². The molecule has 2 aromatic rings. The maximum Gasteiger partial charge on any atom is 0.343 e. The Labute approximate surface area is 190 Å². The number of hydrogen-bond donors (Lipinski definition) is 0. The molecule has 0 amide bonds. The first-order valence-corrected chi connectivity index (χ1v) is 11.4. The van der Waals surface area contributed by atoms with Crippen molar-refractivity contribution in [1.29, 1.82) is 5.26 Å². The van der Waals surface area contributed by atoms with E-state index in [1.807, 2.05) is 0 Å². The Morgan fingerprint density at radius 2 is 1.55 bits per heavy atom. The van der Waals surface area contributed by atoms with Crippen LogP contribution >= 0.6 is 0 Å². The summed E-state index contributed by atoms with van der Waals surface area (Å²) in [6.45, 7) is 2.21. The van der Waals surface area contributed by atoms with Gasteiger partial charge in [0.05, 0.1) is 5.56 Å². The van der Waals surface area contributed by atoms with Gasteiger partial charge in [0.1, 0.15) is 40.7 Å². The predicted octanol–water partition coefficient (Wildman–Crippen LogP) is 7.04. The minimum atomic E-state index is -1.20. The number of ether oxygens (including phenoxy) is 1. The second-order valence-electron chi connectivity index (χ2n) is 9.23. The van der Waals surface area contributed by atoms with Crippen LogP contribution in [-0.4, -0.2) is 5.97 Å². The number of halogens is 4. The van der Waals surface area contributed by atoms with Crippen molar-refractivity contribution in [2.45, 2.75) is 57.8 Å². The molecule has 0 bridgehead atoms. The highest BCUT2D eigenvalue weighted by atomic mass is 19.1. The molecule has 0 radical (unpaired) electrons. The van der Waals surface area contributed by atoms with Crippen LogP contribution in [0, 0.1) is 52.4 Å². The summed E-state index contributed by atoms with van der Waals surface area (Å²) in [7, 11) is 0. The molecule has 33 heavy (non-hydrogen) atoms. The van der Waals surface area contributed by atoms with Gasteiger partial charge in [-0.15, -0.1) is 0 Å². The van der Waals surface area contributed by atoms with E-state index in [2.05, 4.69) is 6.92 Å². The van der Waals surface area contributed by atoms with Crippen LogP contribution in [-0.2, 0) is 0 Å². The first-order valence-electron chi connectivity index (χ1n) is 11.4. The molecule has 0 aromatic heterocycles. The van der Waals surface area contributed by atoms with Gasteiger partial charge < -0.3 is 4.74 Å². The highest BCUT2D eigenvalue weighted by Gasteiger charge is 2.37.